The topological polar surface area (TPSA) is 32.3 Å². The Kier molecular flexibility index (Phi) is 5.93. The van der Waals surface area contributed by atoms with Crippen molar-refractivity contribution in [3.05, 3.63) is 22.4 Å². The first kappa shape index (κ1) is 16.6. The first-order valence-corrected chi connectivity index (χ1v) is 8.48. The molecule has 116 valence electrons. The molecule has 0 amide bonds. The summed E-state index contributed by atoms with van der Waals surface area (Å²) in [6, 6.07) is 1.98. The van der Waals surface area contributed by atoms with Crippen LogP contribution in [-0.4, -0.2) is 53.5 Å². The minimum Gasteiger partial charge on any atom is -0.308 e. The number of hydrogen-bond donors (Lipinski definition) is 0. The van der Waals surface area contributed by atoms with Gasteiger partial charge in [-0.2, -0.15) is 0 Å². The van der Waals surface area contributed by atoms with E-state index >= 15 is 0 Å². The molecule has 0 atom stereocenters. The summed E-state index contributed by atoms with van der Waals surface area (Å²) in [6.07, 6.45) is 0. The monoisotopic (exact) mass is 326 g/mol. The lowest BCUT2D eigenvalue weighted by atomic mass is 10.2. The summed E-state index contributed by atoms with van der Waals surface area (Å²) < 4.78 is 0. The maximum absolute atomic E-state index is 6.25. The number of aromatic nitrogens is 2. The third-order valence-corrected chi connectivity index (χ3v) is 4.27. The van der Waals surface area contributed by atoms with Crippen LogP contribution in [0.2, 0.25) is 5.15 Å². The minimum absolute atomic E-state index is 0.563. The Labute approximate surface area is 135 Å². The van der Waals surface area contributed by atoms with Crippen LogP contribution in [0.3, 0.4) is 0 Å². The molecule has 0 aliphatic heterocycles. The standard InChI is InChI=1S/C15H23ClN4S/c1-11(2)9-20(7-6-19(3)4)10-13-17-14(16)12-5-8-21-15(12)18-13/h5,8,11H,6-7,9-10H2,1-4H3. The number of halogens is 1. The van der Waals surface area contributed by atoms with Crippen molar-refractivity contribution in [3.8, 4) is 0 Å². The maximum Gasteiger partial charge on any atom is 0.145 e. The zero-order valence-electron chi connectivity index (χ0n) is 13.1. The smallest absolute Gasteiger partial charge is 0.145 e. The normalized spacial score (nSPS) is 12.2. The van der Waals surface area contributed by atoms with Gasteiger partial charge in [-0.25, -0.2) is 9.97 Å². The van der Waals surface area contributed by atoms with Gasteiger partial charge < -0.3 is 4.90 Å². The molecule has 6 heteroatoms. The van der Waals surface area contributed by atoms with Crippen LogP contribution in [0.15, 0.2) is 11.4 Å². The highest BCUT2D eigenvalue weighted by molar-refractivity contribution is 7.16. The van der Waals surface area contributed by atoms with Gasteiger partial charge >= 0.3 is 0 Å². The Hall–Kier alpha value is -0.750. The summed E-state index contributed by atoms with van der Waals surface area (Å²) in [6.45, 7) is 8.30. The van der Waals surface area contributed by atoms with E-state index in [1.807, 2.05) is 11.4 Å². The van der Waals surface area contributed by atoms with Gasteiger partial charge in [0.25, 0.3) is 0 Å². The number of hydrogen-bond acceptors (Lipinski definition) is 5. The number of rotatable bonds is 7. The van der Waals surface area contributed by atoms with Crippen LogP contribution in [-0.2, 0) is 6.54 Å². The molecule has 0 aliphatic rings. The summed E-state index contributed by atoms with van der Waals surface area (Å²) in [5, 5.41) is 3.52. The maximum atomic E-state index is 6.25. The predicted molar refractivity (Wildman–Crippen MR) is 91.1 cm³/mol. The fraction of sp³-hybridized carbons (Fsp3) is 0.600. The number of likely N-dealkylation sites (N-methyl/N-ethyl adjacent to an activating group) is 1. The number of nitrogens with zero attached hydrogens (tertiary/aromatic N) is 4. The van der Waals surface area contributed by atoms with Crippen molar-refractivity contribution in [2.45, 2.75) is 20.4 Å². The molecule has 0 saturated carbocycles. The molecule has 21 heavy (non-hydrogen) atoms. The average molecular weight is 327 g/mol. The summed E-state index contributed by atoms with van der Waals surface area (Å²) in [5.41, 5.74) is 0. The molecule has 2 heterocycles. The van der Waals surface area contributed by atoms with Gasteiger partial charge in [-0.1, -0.05) is 25.4 Å². The van der Waals surface area contributed by atoms with E-state index in [9.17, 15) is 0 Å². The first-order chi connectivity index (χ1) is 9.95. The van der Waals surface area contributed by atoms with Gasteiger partial charge in [0.15, 0.2) is 0 Å². The fourth-order valence-electron chi connectivity index (χ4n) is 2.22. The van der Waals surface area contributed by atoms with Gasteiger partial charge in [0, 0.05) is 25.0 Å². The Morgan fingerprint density at radius 1 is 1.24 bits per heavy atom. The quantitative estimate of drug-likeness (QED) is 0.730. The van der Waals surface area contributed by atoms with E-state index in [0.717, 1.165) is 42.2 Å². The minimum atomic E-state index is 0.563. The van der Waals surface area contributed by atoms with E-state index in [-0.39, 0.29) is 0 Å². The predicted octanol–water partition coefficient (Wildman–Crippen LogP) is 3.36. The average Bonchev–Trinajstić information content (AvgIpc) is 2.84. The third kappa shape index (κ3) is 4.88. The zero-order valence-corrected chi connectivity index (χ0v) is 14.7. The van der Waals surface area contributed by atoms with Crippen LogP contribution in [0.5, 0.6) is 0 Å². The van der Waals surface area contributed by atoms with Crippen LogP contribution in [0.25, 0.3) is 10.2 Å². The highest BCUT2D eigenvalue weighted by atomic mass is 35.5. The zero-order chi connectivity index (χ0) is 15.4. The van der Waals surface area contributed by atoms with Gasteiger partial charge in [-0.3, -0.25) is 4.90 Å². The lowest BCUT2D eigenvalue weighted by molar-refractivity contribution is 0.207. The van der Waals surface area contributed by atoms with Crippen molar-refractivity contribution in [2.24, 2.45) is 5.92 Å². The molecule has 0 aromatic carbocycles. The van der Waals surface area contributed by atoms with Gasteiger partial charge in [-0.15, -0.1) is 11.3 Å². The van der Waals surface area contributed by atoms with E-state index in [0.29, 0.717) is 11.1 Å². The molecule has 0 N–H and O–H groups in total. The van der Waals surface area contributed by atoms with E-state index in [1.165, 1.54) is 0 Å². The molecule has 0 radical (unpaired) electrons. The molecule has 2 rings (SSSR count). The van der Waals surface area contributed by atoms with Crippen molar-refractivity contribution in [3.63, 3.8) is 0 Å². The molecule has 0 bridgehead atoms. The molecular formula is C15H23ClN4S. The van der Waals surface area contributed by atoms with Gasteiger partial charge in [0.1, 0.15) is 15.8 Å². The van der Waals surface area contributed by atoms with E-state index < -0.39 is 0 Å². The summed E-state index contributed by atoms with van der Waals surface area (Å²) >= 11 is 7.86. The highest BCUT2D eigenvalue weighted by Gasteiger charge is 2.13. The molecule has 2 aromatic rings. The molecule has 0 fully saturated rings. The molecule has 2 aromatic heterocycles. The van der Waals surface area contributed by atoms with E-state index in [1.54, 1.807) is 11.3 Å². The van der Waals surface area contributed by atoms with Gasteiger partial charge in [0.05, 0.1) is 6.54 Å². The molecular weight excluding hydrogens is 304 g/mol. The van der Waals surface area contributed by atoms with Crippen LogP contribution in [0.1, 0.15) is 19.7 Å². The second kappa shape index (κ2) is 7.49. The second-order valence-electron chi connectivity index (χ2n) is 6.00. The molecule has 0 aliphatic carbocycles. The molecule has 0 saturated heterocycles. The van der Waals surface area contributed by atoms with Gasteiger partial charge in [-0.05, 0) is 31.5 Å². The summed E-state index contributed by atoms with van der Waals surface area (Å²) in [7, 11) is 4.19. The van der Waals surface area contributed by atoms with E-state index in [4.69, 9.17) is 11.6 Å². The molecule has 0 spiro atoms. The van der Waals surface area contributed by atoms with Crippen LogP contribution in [0.4, 0.5) is 0 Å². The third-order valence-electron chi connectivity index (χ3n) is 3.18. The Morgan fingerprint density at radius 2 is 2.00 bits per heavy atom. The van der Waals surface area contributed by atoms with Crippen molar-refractivity contribution in [1.82, 2.24) is 19.8 Å². The van der Waals surface area contributed by atoms with Crippen LogP contribution >= 0.6 is 22.9 Å². The summed E-state index contributed by atoms with van der Waals surface area (Å²) in [4.78, 5) is 14.7. The van der Waals surface area contributed by atoms with E-state index in [2.05, 4.69) is 47.7 Å². The Morgan fingerprint density at radius 3 is 2.67 bits per heavy atom. The van der Waals surface area contributed by atoms with Crippen LogP contribution < -0.4 is 0 Å². The van der Waals surface area contributed by atoms with Crippen LogP contribution in [0, 0.1) is 5.92 Å². The van der Waals surface area contributed by atoms with Gasteiger partial charge in [0.2, 0.25) is 0 Å². The fourth-order valence-corrected chi connectivity index (χ4v) is 3.31. The van der Waals surface area contributed by atoms with Crippen molar-refractivity contribution >= 4 is 33.2 Å². The van der Waals surface area contributed by atoms with Crippen molar-refractivity contribution in [1.29, 1.82) is 0 Å². The number of thiophene rings is 1. The van der Waals surface area contributed by atoms with Crippen molar-refractivity contribution in [2.75, 3.05) is 33.7 Å². The first-order valence-electron chi connectivity index (χ1n) is 7.22. The van der Waals surface area contributed by atoms with Crippen molar-refractivity contribution < 1.29 is 0 Å². The highest BCUT2D eigenvalue weighted by Crippen LogP contribution is 2.25. The number of fused-ring (bicyclic) bond motifs is 1. The summed E-state index contributed by atoms with van der Waals surface area (Å²) in [5.74, 6) is 1.43. The Bertz CT molecular complexity index is 582. The Balaban J connectivity index is 2.12. The lowest BCUT2D eigenvalue weighted by Gasteiger charge is -2.25. The lowest BCUT2D eigenvalue weighted by Crippen LogP contribution is -2.34. The largest absolute Gasteiger partial charge is 0.308 e. The molecule has 4 nitrogen and oxygen atoms in total. The molecule has 0 unspecified atom stereocenters. The second-order valence-corrected chi connectivity index (χ2v) is 7.25. The SMILES string of the molecule is CC(C)CN(CCN(C)C)Cc1nc(Cl)c2ccsc2n1.